The van der Waals surface area contributed by atoms with Gasteiger partial charge in [0.2, 0.25) is 5.96 Å². The van der Waals surface area contributed by atoms with Crippen LogP contribution in [0.2, 0.25) is 0 Å². The first-order chi connectivity index (χ1) is 16.9. The van der Waals surface area contributed by atoms with Gasteiger partial charge in [0.1, 0.15) is 0 Å². The zero-order valence-corrected chi connectivity index (χ0v) is 18.6. The molecule has 3 aromatic heterocycles. The number of fused-ring (bicyclic) bond motifs is 1. The van der Waals surface area contributed by atoms with E-state index in [9.17, 15) is 14.0 Å². The first-order valence-corrected chi connectivity index (χ1v) is 10.6. The molecule has 1 saturated heterocycles. The van der Waals surface area contributed by atoms with E-state index in [-0.39, 0.29) is 35.4 Å². The summed E-state index contributed by atoms with van der Waals surface area (Å²) in [5, 5.41) is 0.994. The number of guanidine groups is 1. The zero-order valence-electron chi connectivity index (χ0n) is 18.6. The van der Waals surface area contributed by atoms with E-state index in [2.05, 4.69) is 25.4 Å². The Bertz CT molecular complexity index is 1280. The molecule has 3 aromatic rings. The first kappa shape index (κ1) is 23.6. The van der Waals surface area contributed by atoms with Gasteiger partial charge in [-0.1, -0.05) is 6.07 Å². The average molecular weight is 481 g/mol. The van der Waals surface area contributed by atoms with Gasteiger partial charge in [-0.15, -0.1) is 0 Å². The summed E-state index contributed by atoms with van der Waals surface area (Å²) in [6, 6.07) is 5.30. The van der Waals surface area contributed by atoms with Crippen LogP contribution in [0.25, 0.3) is 10.9 Å². The minimum absolute atomic E-state index is 0.0787. The van der Waals surface area contributed by atoms with Crippen molar-refractivity contribution in [3.05, 3.63) is 60.6 Å². The number of carbonyl (C=O) groups is 2. The van der Waals surface area contributed by atoms with Crippen LogP contribution in [0.1, 0.15) is 10.4 Å². The zero-order chi connectivity index (χ0) is 24.9. The van der Waals surface area contributed by atoms with Crippen molar-refractivity contribution < 1.29 is 14.0 Å². The number of hydrogen-bond acceptors (Lipinski definition) is 9. The largest absolute Gasteiger partial charge is 0.403 e. The van der Waals surface area contributed by atoms with Gasteiger partial charge in [-0.3, -0.25) is 20.0 Å². The van der Waals surface area contributed by atoms with E-state index in [0.717, 1.165) is 11.2 Å². The molecular formula is C21H24FN11O2. The number of hydrazine groups is 2. The van der Waals surface area contributed by atoms with Crippen molar-refractivity contribution in [2.45, 2.75) is 0 Å². The van der Waals surface area contributed by atoms with Gasteiger partial charge in [0.05, 0.1) is 22.7 Å². The first-order valence-electron chi connectivity index (χ1n) is 10.6. The number of halogens is 1. The Morgan fingerprint density at radius 2 is 1.94 bits per heavy atom. The number of pyridine rings is 2. The fourth-order valence-electron chi connectivity index (χ4n) is 3.74. The molecule has 1 aliphatic heterocycles. The Labute approximate surface area is 199 Å². The summed E-state index contributed by atoms with van der Waals surface area (Å²) in [5.41, 5.74) is 7.95. The van der Waals surface area contributed by atoms with Gasteiger partial charge in [0, 0.05) is 51.0 Å². The molecule has 0 spiro atoms. The number of nitrogens with one attached hydrogen (secondary N) is 2. The van der Waals surface area contributed by atoms with Gasteiger partial charge in [-0.25, -0.2) is 26.0 Å². The van der Waals surface area contributed by atoms with Gasteiger partial charge in [-0.05, 0) is 12.1 Å². The Kier molecular flexibility index (Phi) is 6.84. The smallest absolute Gasteiger partial charge is 0.295 e. The highest BCUT2D eigenvalue weighted by molar-refractivity contribution is 6.45. The number of H-pyrrole nitrogens is 1. The number of anilines is 1. The van der Waals surface area contributed by atoms with E-state index >= 15 is 0 Å². The molecule has 182 valence electrons. The number of rotatable bonds is 5. The SMILES string of the molecule is N/C=C\N(N)c1ncc(F)c2c(C(=O)C(=O)N3CCN(/C(=N\c4ccccn4)NN)CC3)c[nH]c12. The number of piperazine rings is 1. The second-order valence-corrected chi connectivity index (χ2v) is 7.51. The number of amides is 1. The number of nitrogens with zero attached hydrogens (tertiary/aromatic N) is 6. The lowest BCUT2D eigenvalue weighted by Gasteiger charge is -2.35. The minimum Gasteiger partial charge on any atom is -0.403 e. The number of aromatic amines is 1. The molecule has 1 amide bonds. The van der Waals surface area contributed by atoms with Gasteiger partial charge in [0.25, 0.3) is 11.7 Å². The number of aromatic nitrogens is 3. The highest BCUT2D eigenvalue weighted by atomic mass is 19.1. The maximum Gasteiger partial charge on any atom is 0.295 e. The van der Waals surface area contributed by atoms with Crippen LogP contribution in [0.4, 0.5) is 16.0 Å². The molecule has 14 heteroatoms. The average Bonchev–Trinajstić information content (AvgIpc) is 3.33. The van der Waals surface area contributed by atoms with Gasteiger partial charge < -0.3 is 20.5 Å². The molecule has 0 saturated carbocycles. The van der Waals surface area contributed by atoms with Gasteiger partial charge in [-0.2, -0.15) is 4.99 Å². The predicted molar refractivity (Wildman–Crippen MR) is 127 cm³/mol. The standard InChI is InChI=1S/C21H24FN11O2/c22-14-12-28-19(33(25)6-4-23)17-16(14)13(11-27-17)18(34)20(35)31-7-9-32(10-8-31)21(30-24)29-15-3-1-2-5-26-15/h1-6,11-12,27H,7-10,23-25H2,(H,26,29,30)/b6-4-. The lowest BCUT2D eigenvalue weighted by atomic mass is 10.1. The number of ketones is 1. The quantitative estimate of drug-likeness (QED) is 0.0807. The van der Waals surface area contributed by atoms with Crippen molar-refractivity contribution in [3.63, 3.8) is 0 Å². The van der Waals surface area contributed by atoms with Crippen LogP contribution < -0.4 is 27.9 Å². The molecule has 0 aliphatic carbocycles. The number of carbonyl (C=O) groups excluding carboxylic acids is 2. The van der Waals surface area contributed by atoms with E-state index in [0.29, 0.717) is 24.9 Å². The molecule has 1 aliphatic rings. The van der Waals surface area contributed by atoms with Crippen molar-refractivity contribution >= 4 is 40.2 Å². The normalized spacial score (nSPS) is 14.5. The molecule has 4 rings (SSSR count). The lowest BCUT2D eigenvalue weighted by Crippen LogP contribution is -2.55. The lowest BCUT2D eigenvalue weighted by molar-refractivity contribution is -0.127. The predicted octanol–water partition coefficient (Wildman–Crippen LogP) is -0.315. The molecule has 35 heavy (non-hydrogen) atoms. The molecule has 0 radical (unpaired) electrons. The minimum atomic E-state index is -0.849. The number of hydrogen-bond donors (Lipinski definition) is 5. The van der Waals surface area contributed by atoms with Crippen LogP contribution in [-0.4, -0.2) is 68.6 Å². The Hall–Kier alpha value is -4.56. The van der Waals surface area contributed by atoms with E-state index in [1.165, 1.54) is 23.5 Å². The molecule has 0 unspecified atom stereocenters. The van der Waals surface area contributed by atoms with E-state index in [1.54, 1.807) is 24.4 Å². The number of nitrogens with two attached hydrogens (primary N) is 3. The second-order valence-electron chi connectivity index (χ2n) is 7.51. The van der Waals surface area contributed by atoms with Crippen LogP contribution in [0.3, 0.4) is 0 Å². The number of aliphatic imine (C=N–C) groups is 1. The van der Waals surface area contributed by atoms with Crippen molar-refractivity contribution in [2.75, 3.05) is 31.2 Å². The summed E-state index contributed by atoms with van der Waals surface area (Å²) in [6.07, 6.45) is 6.31. The van der Waals surface area contributed by atoms with Crippen LogP contribution in [-0.2, 0) is 4.79 Å². The maximum absolute atomic E-state index is 14.6. The summed E-state index contributed by atoms with van der Waals surface area (Å²) >= 11 is 0. The van der Waals surface area contributed by atoms with Crippen molar-refractivity contribution in [2.24, 2.45) is 22.4 Å². The van der Waals surface area contributed by atoms with Gasteiger partial charge in [0.15, 0.2) is 17.5 Å². The monoisotopic (exact) mass is 481 g/mol. The summed E-state index contributed by atoms with van der Waals surface area (Å²) in [5.74, 6) is 10.1. The highest BCUT2D eigenvalue weighted by Gasteiger charge is 2.30. The van der Waals surface area contributed by atoms with E-state index < -0.39 is 17.5 Å². The van der Waals surface area contributed by atoms with Crippen LogP contribution >= 0.6 is 0 Å². The maximum atomic E-state index is 14.6. The fourth-order valence-corrected chi connectivity index (χ4v) is 3.74. The summed E-state index contributed by atoms with van der Waals surface area (Å²) < 4.78 is 14.6. The molecule has 4 heterocycles. The molecule has 13 nitrogen and oxygen atoms in total. The molecular weight excluding hydrogens is 457 g/mol. The van der Waals surface area contributed by atoms with Crippen molar-refractivity contribution in [1.29, 1.82) is 0 Å². The molecule has 1 fully saturated rings. The molecule has 8 N–H and O–H groups in total. The van der Waals surface area contributed by atoms with Crippen molar-refractivity contribution in [1.82, 2.24) is 30.2 Å². The van der Waals surface area contributed by atoms with Gasteiger partial charge >= 0.3 is 0 Å². The Balaban J connectivity index is 1.50. The molecule has 0 aromatic carbocycles. The number of Topliss-reactive ketones (excluding diaryl/α,β-unsaturated/α-hetero) is 1. The van der Waals surface area contributed by atoms with Crippen LogP contribution in [0, 0.1) is 5.82 Å². The third-order valence-electron chi connectivity index (χ3n) is 5.44. The topological polar surface area (TPSA) is 188 Å². The second kappa shape index (κ2) is 10.1. The summed E-state index contributed by atoms with van der Waals surface area (Å²) in [4.78, 5) is 44.5. The summed E-state index contributed by atoms with van der Waals surface area (Å²) in [6.45, 7) is 1.23. The third kappa shape index (κ3) is 4.73. The van der Waals surface area contributed by atoms with E-state index in [1.807, 2.05) is 4.90 Å². The fraction of sp³-hybridized carbons (Fsp3) is 0.190. The summed E-state index contributed by atoms with van der Waals surface area (Å²) in [7, 11) is 0. The third-order valence-corrected chi connectivity index (χ3v) is 5.44. The van der Waals surface area contributed by atoms with Crippen LogP contribution in [0.5, 0.6) is 0 Å². The van der Waals surface area contributed by atoms with E-state index in [4.69, 9.17) is 17.4 Å². The molecule has 0 atom stereocenters. The van der Waals surface area contributed by atoms with Crippen LogP contribution in [0.15, 0.2) is 54.2 Å². The molecule has 0 bridgehead atoms. The highest BCUT2D eigenvalue weighted by Crippen LogP contribution is 2.28. The van der Waals surface area contributed by atoms with Crippen molar-refractivity contribution in [3.8, 4) is 0 Å². The Morgan fingerprint density at radius 1 is 1.20 bits per heavy atom. The Morgan fingerprint density at radius 3 is 2.60 bits per heavy atom.